The molecule has 0 saturated carbocycles. The predicted octanol–water partition coefficient (Wildman–Crippen LogP) is 0.887. The molecule has 17 heavy (non-hydrogen) atoms. The molecule has 0 spiro atoms. The normalized spacial score (nSPS) is 15.9. The van der Waals surface area contributed by atoms with Gasteiger partial charge in [0.2, 0.25) is 0 Å². The number of nitrogens with one attached hydrogen (secondary N) is 1. The van der Waals surface area contributed by atoms with Gasteiger partial charge >= 0.3 is 0 Å². The highest BCUT2D eigenvalue weighted by Gasteiger charge is 2.23. The zero-order valence-electron chi connectivity index (χ0n) is 11.5. The van der Waals surface area contributed by atoms with Crippen molar-refractivity contribution in [1.82, 2.24) is 20.1 Å². The predicted molar refractivity (Wildman–Crippen MR) is 67.7 cm³/mol. The minimum atomic E-state index is -0.751. The minimum absolute atomic E-state index is 0.0842. The summed E-state index contributed by atoms with van der Waals surface area (Å²) >= 11 is 0. The minimum Gasteiger partial charge on any atom is -0.390 e. The molecule has 0 aliphatic heterocycles. The molecule has 1 aromatic heterocycles. The van der Waals surface area contributed by atoms with E-state index in [9.17, 15) is 5.11 Å². The summed E-state index contributed by atoms with van der Waals surface area (Å²) in [6.07, 6.45) is 2.73. The number of hydrogen-bond acceptors (Lipinski definition) is 4. The van der Waals surface area contributed by atoms with Crippen LogP contribution in [0.2, 0.25) is 0 Å². The molecule has 1 rings (SSSR count). The molecular formula is C12H24N4O. The Morgan fingerprint density at radius 1 is 1.35 bits per heavy atom. The maximum Gasteiger partial charge on any atom is 0.138 e. The van der Waals surface area contributed by atoms with Gasteiger partial charge in [-0.25, -0.2) is 4.98 Å². The molecule has 2 N–H and O–H groups in total. The van der Waals surface area contributed by atoms with E-state index in [1.165, 1.54) is 6.33 Å². The first-order valence-corrected chi connectivity index (χ1v) is 6.00. The lowest BCUT2D eigenvalue weighted by atomic mass is 9.97. The fourth-order valence-electron chi connectivity index (χ4n) is 1.62. The second kappa shape index (κ2) is 5.14. The molecule has 0 aliphatic carbocycles. The second-order valence-electron chi connectivity index (χ2n) is 5.90. The first kappa shape index (κ1) is 14.1. The van der Waals surface area contributed by atoms with Crippen LogP contribution in [-0.2, 0) is 13.5 Å². The molecular weight excluding hydrogens is 216 g/mol. The van der Waals surface area contributed by atoms with Gasteiger partial charge in [0.1, 0.15) is 12.2 Å². The Kier molecular flexibility index (Phi) is 4.27. The van der Waals surface area contributed by atoms with E-state index in [2.05, 4.69) is 36.2 Å². The van der Waals surface area contributed by atoms with Crippen molar-refractivity contribution < 1.29 is 5.11 Å². The van der Waals surface area contributed by atoms with Crippen LogP contribution in [0.15, 0.2) is 6.33 Å². The van der Waals surface area contributed by atoms with E-state index in [1.54, 1.807) is 4.68 Å². The number of aliphatic hydroxyl groups is 1. The average molecular weight is 240 g/mol. The van der Waals surface area contributed by atoms with Crippen molar-refractivity contribution in [3.8, 4) is 0 Å². The van der Waals surface area contributed by atoms with Gasteiger partial charge in [-0.1, -0.05) is 0 Å². The van der Waals surface area contributed by atoms with Crippen molar-refractivity contribution in [3.05, 3.63) is 12.2 Å². The van der Waals surface area contributed by atoms with Crippen molar-refractivity contribution in [2.75, 3.05) is 6.54 Å². The van der Waals surface area contributed by atoms with Crippen LogP contribution in [0, 0.1) is 0 Å². The van der Waals surface area contributed by atoms with E-state index in [1.807, 2.05) is 14.0 Å². The highest BCUT2D eigenvalue weighted by molar-refractivity contribution is 4.92. The smallest absolute Gasteiger partial charge is 0.138 e. The Morgan fingerprint density at radius 2 is 2.00 bits per heavy atom. The number of aryl methyl sites for hydroxylation is 1. The van der Waals surface area contributed by atoms with Crippen LogP contribution in [0.5, 0.6) is 0 Å². The van der Waals surface area contributed by atoms with Crippen molar-refractivity contribution in [2.24, 2.45) is 7.05 Å². The van der Waals surface area contributed by atoms with Crippen molar-refractivity contribution >= 4 is 0 Å². The summed E-state index contributed by atoms with van der Waals surface area (Å²) in [6.45, 7) is 8.97. The molecule has 0 saturated heterocycles. The average Bonchev–Trinajstić information content (AvgIpc) is 2.48. The summed E-state index contributed by atoms with van der Waals surface area (Å²) in [7, 11) is 1.84. The zero-order chi connectivity index (χ0) is 13.1. The number of rotatable bonds is 5. The summed E-state index contributed by atoms with van der Waals surface area (Å²) in [5.41, 5.74) is -0.667. The molecule has 1 aromatic rings. The SMILES string of the molecule is Cn1ncnc1CC(C)(O)CCNC(C)(C)C. The Morgan fingerprint density at radius 3 is 2.47 bits per heavy atom. The molecule has 5 nitrogen and oxygen atoms in total. The largest absolute Gasteiger partial charge is 0.390 e. The Bertz CT molecular complexity index is 352. The van der Waals surface area contributed by atoms with E-state index in [0.717, 1.165) is 12.4 Å². The maximum absolute atomic E-state index is 10.3. The van der Waals surface area contributed by atoms with Crippen molar-refractivity contribution in [3.63, 3.8) is 0 Å². The molecule has 0 bridgehead atoms. The van der Waals surface area contributed by atoms with E-state index < -0.39 is 5.60 Å². The quantitative estimate of drug-likeness (QED) is 0.802. The van der Waals surface area contributed by atoms with E-state index in [-0.39, 0.29) is 5.54 Å². The summed E-state index contributed by atoms with van der Waals surface area (Å²) in [4.78, 5) is 4.13. The van der Waals surface area contributed by atoms with Crippen molar-refractivity contribution in [1.29, 1.82) is 0 Å². The molecule has 0 radical (unpaired) electrons. The number of aromatic nitrogens is 3. The third kappa shape index (κ3) is 5.28. The molecule has 1 atom stereocenters. The summed E-state index contributed by atoms with van der Waals surface area (Å²) < 4.78 is 1.70. The number of hydrogen-bond donors (Lipinski definition) is 2. The van der Waals surface area contributed by atoms with Crippen molar-refractivity contribution in [2.45, 2.75) is 51.7 Å². The van der Waals surface area contributed by atoms with Crippen LogP contribution < -0.4 is 5.32 Å². The maximum atomic E-state index is 10.3. The fraction of sp³-hybridized carbons (Fsp3) is 0.833. The van der Waals surface area contributed by atoms with E-state index in [4.69, 9.17) is 0 Å². The van der Waals surface area contributed by atoms with Crippen LogP contribution in [0.3, 0.4) is 0 Å². The highest BCUT2D eigenvalue weighted by Crippen LogP contribution is 2.15. The van der Waals surface area contributed by atoms with Gasteiger partial charge in [-0.2, -0.15) is 5.10 Å². The molecule has 1 heterocycles. The van der Waals surface area contributed by atoms with Gasteiger partial charge in [-0.15, -0.1) is 0 Å². The fourth-order valence-corrected chi connectivity index (χ4v) is 1.62. The lowest BCUT2D eigenvalue weighted by Gasteiger charge is -2.26. The zero-order valence-corrected chi connectivity index (χ0v) is 11.5. The van der Waals surface area contributed by atoms with Gasteiger partial charge in [0.15, 0.2) is 0 Å². The lowest BCUT2D eigenvalue weighted by Crippen LogP contribution is -2.40. The number of nitrogens with zero attached hydrogens (tertiary/aromatic N) is 3. The third-order valence-electron chi connectivity index (χ3n) is 2.66. The van der Waals surface area contributed by atoms with E-state index >= 15 is 0 Å². The molecule has 98 valence electrons. The Balaban J connectivity index is 2.44. The van der Waals surface area contributed by atoms with Gasteiger partial charge in [0.25, 0.3) is 0 Å². The first-order chi connectivity index (χ1) is 7.70. The molecule has 5 heteroatoms. The summed E-state index contributed by atoms with van der Waals surface area (Å²) in [5, 5.41) is 17.7. The van der Waals surface area contributed by atoms with E-state index in [0.29, 0.717) is 12.8 Å². The molecule has 0 fully saturated rings. The van der Waals surface area contributed by atoms with Crippen LogP contribution in [0.1, 0.15) is 39.9 Å². The highest BCUT2D eigenvalue weighted by atomic mass is 16.3. The van der Waals surface area contributed by atoms with Gasteiger partial charge in [0, 0.05) is 19.0 Å². The second-order valence-corrected chi connectivity index (χ2v) is 5.90. The monoisotopic (exact) mass is 240 g/mol. The third-order valence-corrected chi connectivity index (χ3v) is 2.66. The first-order valence-electron chi connectivity index (χ1n) is 6.00. The Labute approximate surface area is 103 Å². The standard InChI is InChI=1S/C12H24N4O/c1-11(2,3)14-7-6-12(4,17)8-10-13-9-15-16(10)5/h9,14,17H,6-8H2,1-5H3. The van der Waals surface area contributed by atoms with Crippen LogP contribution >= 0.6 is 0 Å². The molecule has 1 unspecified atom stereocenters. The summed E-state index contributed by atoms with van der Waals surface area (Å²) in [5.74, 6) is 0.811. The van der Waals surface area contributed by atoms with Gasteiger partial charge < -0.3 is 10.4 Å². The van der Waals surface area contributed by atoms with Crippen LogP contribution in [0.4, 0.5) is 0 Å². The van der Waals surface area contributed by atoms with Crippen LogP contribution in [0.25, 0.3) is 0 Å². The topological polar surface area (TPSA) is 63.0 Å². The Hall–Kier alpha value is -0.940. The molecule has 0 amide bonds. The molecule has 0 aromatic carbocycles. The van der Waals surface area contributed by atoms with Gasteiger partial charge in [0.05, 0.1) is 5.60 Å². The van der Waals surface area contributed by atoms with Gasteiger partial charge in [-0.3, -0.25) is 4.68 Å². The lowest BCUT2D eigenvalue weighted by molar-refractivity contribution is 0.0471. The van der Waals surface area contributed by atoms with Crippen LogP contribution in [-0.4, -0.2) is 37.6 Å². The summed E-state index contributed by atoms with van der Waals surface area (Å²) in [6, 6.07) is 0. The molecule has 0 aliphatic rings. The van der Waals surface area contributed by atoms with Gasteiger partial charge in [-0.05, 0) is 40.7 Å².